The number of amidine groups is 1. The molecular formula is C15H31N3S. The van der Waals surface area contributed by atoms with Gasteiger partial charge in [0.25, 0.3) is 0 Å². The highest BCUT2D eigenvalue weighted by atomic mass is 32.2. The lowest BCUT2D eigenvalue weighted by molar-refractivity contribution is 0.181. The van der Waals surface area contributed by atoms with Crippen LogP contribution in [0.4, 0.5) is 0 Å². The summed E-state index contributed by atoms with van der Waals surface area (Å²) in [5, 5.41) is 4.73. The summed E-state index contributed by atoms with van der Waals surface area (Å²) in [6.45, 7) is 15.6. The molecule has 0 bridgehead atoms. The van der Waals surface area contributed by atoms with E-state index in [4.69, 9.17) is 4.99 Å². The molecule has 1 atom stereocenters. The number of thioether (sulfide) groups is 1. The summed E-state index contributed by atoms with van der Waals surface area (Å²) in [5.41, 5.74) is 0. The van der Waals surface area contributed by atoms with Crippen molar-refractivity contribution in [2.75, 3.05) is 18.8 Å². The van der Waals surface area contributed by atoms with Crippen LogP contribution in [0, 0.1) is 5.92 Å². The summed E-state index contributed by atoms with van der Waals surface area (Å²) in [6, 6.07) is 1.79. The lowest BCUT2D eigenvalue weighted by Gasteiger charge is -2.31. The van der Waals surface area contributed by atoms with Crippen molar-refractivity contribution in [1.82, 2.24) is 10.2 Å². The summed E-state index contributed by atoms with van der Waals surface area (Å²) < 4.78 is 0. The number of nitrogens with zero attached hydrogens (tertiary/aromatic N) is 2. The summed E-state index contributed by atoms with van der Waals surface area (Å²) in [6.07, 6.45) is 1.26. The number of rotatable bonds is 6. The standard InChI is InChI=1S/C15H31N3S/c1-11(2)14-7-10-19-15(17-14)16-8-9-18(12(3)4)13(5)6/h11-14H,7-10H2,1-6H3,(H,16,17). The van der Waals surface area contributed by atoms with Gasteiger partial charge in [-0.2, -0.15) is 0 Å². The van der Waals surface area contributed by atoms with Crippen molar-refractivity contribution in [2.24, 2.45) is 10.9 Å². The van der Waals surface area contributed by atoms with Gasteiger partial charge in [0.2, 0.25) is 0 Å². The predicted molar refractivity (Wildman–Crippen MR) is 88.1 cm³/mol. The molecule has 1 aliphatic rings. The second kappa shape index (κ2) is 8.15. The predicted octanol–water partition coefficient (Wildman–Crippen LogP) is 3.21. The molecule has 0 saturated carbocycles. The second-order valence-electron chi connectivity index (χ2n) is 6.24. The van der Waals surface area contributed by atoms with E-state index in [1.54, 1.807) is 0 Å². The maximum absolute atomic E-state index is 4.75. The minimum atomic E-state index is 0.593. The molecule has 19 heavy (non-hydrogen) atoms. The Bertz CT molecular complexity index is 279. The van der Waals surface area contributed by atoms with Crippen LogP contribution in [0.25, 0.3) is 0 Å². The highest BCUT2D eigenvalue weighted by molar-refractivity contribution is 8.13. The van der Waals surface area contributed by atoms with Gasteiger partial charge in [-0.05, 0) is 40.0 Å². The highest BCUT2D eigenvalue weighted by Gasteiger charge is 2.20. The van der Waals surface area contributed by atoms with Gasteiger partial charge in [0.05, 0.1) is 6.54 Å². The Labute approximate surface area is 123 Å². The Morgan fingerprint density at radius 2 is 1.84 bits per heavy atom. The fraction of sp³-hybridized carbons (Fsp3) is 0.933. The molecule has 1 aliphatic heterocycles. The van der Waals surface area contributed by atoms with Gasteiger partial charge in [-0.3, -0.25) is 9.89 Å². The molecule has 1 fully saturated rings. The fourth-order valence-corrected chi connectivity index (χ4v) is 3.51. The topological polar surface area (TPSA) is 27.6 Å². The van der Waals surface area contributed by atoms with Crippen molar-refractivity contribution in [1.29, 1.82) is 0 Å². The fourth-order valence-electron chi connectivity index (χ4n) is 2.53. The first kappa shape index (κ1) is 16.8. The van der Waals surface area contributed by atoms with Gasteiger partial charge in [0.1, 0.15) is 0 Å². The van der Waals surface area contributed by atoms with Gasteiger partial charge in [-0.15, -0.1) is 0 Å². The third-order valence-electron chi connectivity index (χ3n) is 3.72. The number of hydrogen-bond acceptors (Lipinski definition) is 3. The van der Waals surface area contributed by atoms with Crippen LogP contribution in [-0.4, -0.2) is 47.0 Å². The molecule has 1 saturated heterocycles. The molecule has 1 rings (SSSR count). The summed E-state index contributed by atoms with van der Waals surface area (Å²) >= 11 is 1.87. The maximum Gasteiger partial charge on any atom is 0.156 e. The average Bonchev–Trinajstić information content (AvgIpc) is 2.34. The molecule has 0 amide bonds. The molecule has 112 valence electrons. The molecule has 1 unspecified atom stereocenters. The maximum atomic E-state index is 4.75. The van der Waals surface area contributed by atoms with Crippen molar-refractivity contribution >= 4 is 16.9 Å². The highest BCUT2D eigenvalue weighted by Crippen LogP contribution is 2.18. The Hall–Kier alpha value is -0.220. The molecule has 0 aromatic heterocycles. The quantitative estimate of drug-likeness (QED) is 0.812. The summed E-state index contributed by atoms with van der Waals surface area (Å²) in [4.78, 5) is 7.24. The molecule has 0 spiro atoms. The number of hydrogen-bond donors (Lipinski definition) is 1. The van der Waals surface area contributed by atoms with Crippen molar-refractivity contribution in [3.05, 3.63) is 0 Å². The first-order chi connectivity index (χ1) is 8.91. The third kappa shape index (κ3) is 5.74. The van der Waals surface area contributed by atoms with Gasteiger partial charge < -0.3 is 5.32 Å². The lowest BCUT2D eigenvalue weighted by Crippen LogP contribution is -2.42. The van der Waals surface area contributed by atoms with Gasteiger partial charge in [-0.25, -0.2) is 0 Å². The zero-order valence-corrected chi connectivity index (χ0v) is 14.3. The molecule has 1 heterocycles. The van der Waals surface area contributed by atoms with Gasteiger partial charge in [0, 0.05) is 30.4 Å². The first-order valence-electron chi connectivity index (χ1n) is 7.61. The number of aliphatic imine (C=N–C) groups is 1. The molecular weight excluding hydrogens is 254 g/mol. The third-order valence-corrected chi connectivity index (χ3v) is 4.68. The van der Waals surface area contributed by atoms with E-state index in [9.17, 15) is 0 Å². The molecule has 0 radical (unpaired) electrons. The largest absolute Gasteiger partial charge is 0.362 e. The van der Waals surface area contributed by atoms with E-state index in [-0.39, 0.29) is 0 Å². The Morgan fingerprint density at radius 1 is 1.21 bits per heavy atom. The average molecular weight is 286 g/mol. The van der Waals surface area contributed by atoms with Crippen LogP contribution in [0.15, 0.2) is 4.99 Å². The van der Waals surface area contributed by atoms with Crippen LogP contribution in [0.5, 0.6) is 0 Å². The van der Waals surface area contributed by atoms with E-state index in [2.05, 4.69) is 51.8 Å². The van der Waals surface area contributed by atoms with E-state index in [0.29, 0.717) is 24.0 Å². The van der Waals surface area contributed by atoms with Crippen molar-refractivity contribution in [3.8, 4) is 0 Å². The zero-order chi connectivity index (χ0) is 14.4. The van der Waals surface area contributed by atoms with Crippen molar-refractivity contribution < 1.29 is 0 Å². The zero-order valence-electron chi connectivity index (χ0n) is 13.4. The van der Waals surface area contributed by atoms with E-state index in [0.717, 1.165) is 18.3 Å². The van der Waals surface area contributed by atoms with Crippen LogP contribution in [0.3, 0.4) is 0 Å². The summed E-state index contributed by atoms with van der Waals surface area (Å²) in [7, 11) is 0. The molecule has 0 aromatic carbocycles. The Kier molecular flexibility index (Phi) is 7.22. The van der Waals surface area contributed by atoms with Gasteiger partial charge in [0.15, 0.2) is 5.17 Å². The molecule has 0 aromatic rings. The van der Waals surface area contributed by atoms with Crippen molar-refractivity contribution in [3.63, 3.8) is 0 Å². The Morgan fingerprint density at radius 3 is 2.37 bits per heavy atom. The molecule has 0 aliphatic carbocycles. The lowest BCUT2D eigenvalue weighted by atomic mass is 10.0. The van der Waals surface area contributed by atoms with E-state index >= 15 is 0 Å². The normalized spacial score (nSPS) is 22.8. The molecule has 4 heteroatoms. The monoisotopic (exact) mass is 285 g/mol. The summed E-state index contributed by atoms with van der Waals surface area (Å²) in [5.74, 6) is 1.89. The van der Waals surface area contributed by atoms with Crippen molar-refractivity contribution in [2.45, 2.75) is 66.1 Å². The van der Waals surface area contributed by atoms with Gasteiger partial charge in [-0.1, -0.05) is 25.6 Å². The van der Waals surface area contributed by atoms with Crippen LogP contribution in [0.2, 0.25) is 0 Å². The SMILES string of the molecule is CC(C)C1CCSC(=NCCN(C(C)C)C(C)C)N1. The molecule has 3 nitrogen and oxygen atoms in total. The van der Waals surface area contributed by atoms with Crippen LogP contribution < -0.4 is 5.32 Å². The Balaban J connectivity index is 2.43. The van der Waals surface area contributed by atoms with E-state index in [1.807, 2.05) is 11.8 Å². The molecule has 1 N–H and O–H groups in total. The minimum Gasteiger partial charge on any atom is -0.362 e. The number of nitrogens with one attached hydrogen (secondary N) is 1. The first-order valence-corrected chi connectivity index (χ1v) is 8.60. The van der Waals surface area contributed by atoms with Crippen LogP contribution in [0.1, 0.15) is 48.0 Å². The smallest absolute Gasteiger partial charge is 0.156 e. The van der Waals surface area contributed by atoms with Crippen LogP contribution >= 0.6 is 11.8 Å². The minimum absolute atomic E-state index is 0.593. The van der Waals surface area contributed by atoms with E-state index in [1.165, 1.54) is 12.2 Å². The second-order valence-corrected chi connectivity index (χ2v) is 7.33. The van der Waals surface area contributed by atoms with Crippen LogP contribution in [-0.2, 0) is 0 Å². The van der Waals surface area contributed by atoms with Gasteiger partial charge >= 0.3 is 0 Å². The van der Waals surface area contributed by atoms with E-state index < -0.39 is 0 Å².